The van der Waals surface area contributed by atoms with Crippen LogP contribution in [0.5, 0.6) is 5.75 Å². The molecule has 82 valence electrons. The van der Waals surface area contributed by atoms with E-state index in [2.05, 4.69) is 32.0 Å². The smallest absolute Gasteiger partial charge is 0.122 e. The second-order valence-electron chi connectivity index (χ2n) is 4.48. The summed E-state index contributed by atoms with van der Waals surface area (Å²) in [4.78, 5) is 0. The normalized spacial score (nSPS) is 16.9. The van der Waals surface area contributed by atoms with E-state index in [9.17, 15) is 0 Å². The summed E-state index contributed by atoms with van der Waals surface area (Å²) in [5, 5.41) is 0. The molecule has 1 aliphatic carbocycles. The third kappa shape index (κ3) is 2.53. The van der Waals surface area contributed by atoms with Crippen molar-refractivity contribution in [3.8, 4) is 5.75 Å². The summed E-state index contributed by atoms with van der Waals surface area (Å²) < 4.78 is 6.05. The lowest BCUT2D eigenvalue weighted by Gasteiger charge is -2.15. The summed E-state index contributed by atoms with van der Waals surface area (Å²) in [6.45, 7) is 4.31. The topological polar surface area (TPSA) is 9.23 Å². The van der Waals surface area contributed by atoms with Gasteiger partial charge in [-0.25, -0.2) is 0 Å². The standard InChI is InChI=1S/C14H20O/c1-3-12-9-8-11(2)14(10-12)15-13-6-4-5-7-13/h8-10,13H,3-7H2,1-2H3. The van der Waals surface area contributed by atoms with E-state index in [4.69, 9.17) is 4.74 Å². The van der Waals surface area contributed by atoms with Gasteiger partial charge < -0.3 is 4.74 Å². The average Bonchev–Trinajstić information content (AvgIpc) is 2.74. The first-order chi connectivity index (χ1) is 7.29. The molecule has 0 saturated heterocycles. The SMILES string of the molecule is CCc1ccc(C)c(OC2CCCC2)c1. The van der Waals surface area contributed by atoms with E-state index in [0.29, 0.717) is 6.10 Å². The third-order valence-corrected chi connectivity index (χ3v) is 3.26. The summed E-state index contributed by atoms with van der Waals surface area (Å²) in [5.41, 5.74) is 2.63. The van der Waals surface area contributed by atoms with Crippen LogP contribution in [0.15, 0.2) is 18.2 Å². The zero-order valence-electron chi connectivity index (χ0n) is 9.75. The van der Waals surface area contributed by atoms with Gasteiger partial charge in [-0.2, -0.15) is 0 Å². The first-order valence-corrected chi connectivity index (χ1v) is 6.06. The number of aryl methyl sites for hydroxylation is 2. The lowest BCUT2D eigenvalue weighted by atomic mass is 10.1. The van der Waals surface area contributed by atoms with E-state index in [1.807, 2.05) is 0 Å². The van der Waals surface area contributed by atoms with Crippen LogP contribution in [-0.2, 0) is 6.42 Å². The highest BCUT2D eigenvalue weighted by molar-refractivity contribution is 5.36. The Kier molecular flexibility index (Phi) is 3.30. The fourth-order valence-corrected chi connectivity index (χ4v) is 2.18. The molecule has 1 aromatic carbocycles. The maximum Gasteiger partial charge on any atom is 0.122 e. The number of hydrogen-bond acceptors (Lipinski definition) is 1. The zero-order valence-corrected chi connectivity index (χ0v) is 9.75. The van der Waals surface area contributed by atoms with Crippen LogP contribution in [-0.4, -0.2) is 6.10 Å². The molecule has 1 saturated carbocycles. The highest BCUT2D eigenvalue weighted by Crippen LogP contribution is 2.27. The molecule has 0 aliphatic heterocycles. The predicted octanol–water partition coefficient (Wildman–Crippen LogP) is 3.88. The minimum Gasteiger partial charge on any atom is -0.490 e. The Labute approximate surface area is 92.5 Å². The van der Waals surface area contributed by atoms with E-state index in [1.165, 1.54) is 36.8 Å². The Bertz CT molecular complexity index is 324. The molecule has 1 heteroatoms. The molecule has 0 N–H and O–H groups in total. The van der Waals surface area contributed by atoms with Crippen LogP contribution in [0.25, 0.3) is 0 Å². The zero-order chi connectivity index (χ0) is 10.7. The monoisotopic (exact) mass is 204 g/mol. The van der Waals surface area contributed by atoms with Gasteiger partial charge in [-0.3, -0.25) is 0 Å². The van der Waals surface area contributed by atoms with E-state index in [-0.39, 0.29) is 0 Å². The average molecular weight is 204 g/mol. The van der Waals surface area contributed by atoms with Gasteiger partial charge in [0.15, 0.2) is 0 Å². The minimum atomic E-state index is 0.468. The Morgan fingerprint density at radius 1 is 1.27 bits per heavy atom. The maximum atomic E-state index is 6.05. The minimum absolute atomic E-state index is 0.468. The van der Waals surface area contributed by atoms with E-state index < -0.39 is 0 Å². The molecule has 0 amide bonds. The molecule has 0 aromatic heterocycles. The molecule has 1 aliphatic rings. The summed E-state index contributed by atoms with van der Waals surface area (Å²) in [6.07, 6.45) is 6.68. The highest BCUT2D eigenvalue weighted by Gasteiger charge is 2.17. The van der Waals surface area contributed by atoms with Gasteiger partial charge >= 0.3 is 0 Å². The van der Waals surface area contributed by atoms with Crippen molar-refractivity contribution < 1.29 is 4.74 Å². The Morgan fingerprint density at radius 2 is 2.00 bits per heavy atom. The third-order valence-electron chi connectivity index (χ3n) is 3.26. The molecule has 1 fully saturated rings. The van der Waals surface area contributed by atoms with Crippen LogP contribution in [0.3, 0.4) is 0 Å². The molecule has 0 spiro atoms. The number of ether oxygens (including phenoxy) is 1. The molecular formula is C14H20O. The fourth-order valence-electron chi connectivity index (χ4n) is 2.18. The summed E-state index contributed by atoms with van der Waals surface area (Å²) in [5.74, 6) is 1.10. The van der Waals surface area contributed by atoms with Crippen LogP contribution in [0.4, 0.5) is 0 Å². The molecule has 0 atom stereocenters. The second kappa shape index (κ2) is 4.69. The summed E-state index contributed by atoms with van der Waals surface area (Å²) >= 11 is 0. The second-order valence-corrected chi connectivity index (χ2v) is 4.48. The first-order valence-electron chi connectivity index (χ1n) is 6.06. The van der Waals surface area contributed by atoms with Gasteiger partial charge in [0.05, 0.1) is 6.10 Å². The van der Waals surface area contributed by atoms with E-state index in [0.717, 1.165) is 12.2 Å². The van der Waals surface area contributed by atoms with Gasteiger partial charge in [0.1, 0.15) is 5.75 Å². The van der Waals surface area contributed by atoms with Gasteiger partial charge in [-0.15, -0.1) is 0 Å². The van der Waals surface area contributed by atoms with Gasteiger partial charge in [-0.1, -0.05) is 19.1 Å². The van der Waals surface area contributed by atoms with Crippen molar-refractivity contribution in [1.29, 1.82) is 0 Å². The fraction of sp³-hybridized carbons (Fsp3) is 0.571. The Balaban J connectivity index is 2.11. The highest BCUT2D eigenvalue weighted by atomic mass is 16.5. The number of rotatable bonds is 3. The van der Waals surface area contributed by atoms with Crippen molar-refractivity contribution in [2.45, 2.75) is 52.1 Å². The van der Waals surface area contributed by atoms with Crippen LogP contribution < -0.4 is 4.74 Å². The first kappa shape index (κ1) is 10.5. The summed E-state index contributed by atoms with van der Waals surface area (Å²) in [6, 6.07) is 6.56. The molecule has 1 aromatic rings. The predicted molar refractivity (Wildman–Crippen MR) is 63.4 cm³/mol. The Morgan fingerprint density at radius 3 is 2.67 bits per heavy atom. The van der Waals surface area contributed by atoms with Gasteiger partial charge in [-0.05, 0) is 56.2 Å². The van der Waals surface area contributed by atoms with Crippen molar-refractivity contribution >= 4 is 0 Å². The van der Waals surface area contributed by atoms with E-state index >= 15 is 0 Å². The van der Waals surface area contributed by atoms with Gasteiger partial charge in [0.25, 0.3) is 0 Å². The van der Waals surface area contributed by atoms with Crippen LogP contribution in [0, 0.1) is 6.92 Å². The number of benzene rings is 1. The van der Waals surface area contributed by atoms with Crippen molar-refractivity contribution in [3.05, 3.63) is 29.3 Å². The van der Waals surface area contributed by atoms with Crippen molar-refractivity contribution in [3.63, 3.8) is 0 Å². The van der Waals surface area contributed by atoms with Crippen molar-refractivity contribution in [1.82, 2.24) is 0 Å². The van der Waals surface area contributed by atoms with Gasteiger partial charge in [0.2, 0.25) is 0 Å². The van der Waals surface area contributed by atoms with Gasteiger partial charge in [0, 0.05) is 0 Å². The van der Waals surface area contributed by atoms with Crippen LogP contribution in [0.1, 0.15) is 43.7 Å². The Hall–Kier alpha value is -0.980. The lowest BCUT2D eigenvalue weighted by molar-refractivity contribution is 0.208. The molecule has 1 nitrogen and oxygen atoms in total. The molecule has 15 heavy (non-hydrogen) atoms. The van der Waals surface area contributed by atoms with Crippen molar-refractivity contribution in [2.75, 3.05) is 0 Å². The number of hydrogen-bond donors (Lipinski definition) is 0. The van der Waals surface area contributed by atoms with E-state index in [1.54, 1.807) is 0 Å². The molecule has 0 radical (unpaired) electrons. The maximum absolute atomic E-state index is 6.05. The molecule has 0 bridgehead atoms. The molecule has 0 heterocycles. The van der Waals surface area contributed by atoms with Crippen molar-refractivity contribution in [2.24, 2.45) is 0 Å². The summed E-state index contributed by atoms with van der Waals surface area (Å²) in [7, 11) is 0. The lowest BCUT2D eigenvalue weighted by Crippen LogP contribution is -2.11. The van der Waals surface area contributed by atoms with Crippen LogP contribution in [0.2, 0.25) is 0 Å². The quantitative estimate of drug-likeness (QED) is 0.726. The van der Waals surface area contributed by atoms with Crippen LogP contribution >= 0.6 is 0 Å². The largest absolute Gasteiger partial charge is 0.490 e. The molecule has 0 unspecified atom stereocenters. The molecule has 2 rings (SSSR count). The molecular weight excluding hydrogens is 184 g/mol.